The third-order valence-corrected chi connectivity index (χ3v) is 3.12. The molecular weight excluding hydrogens is 196 g/mol. The molecule has 0 saturated carbocycles. The van der Waals surface area contributed by atoms with Crippen LogP contribution in [0, 0.1) is 11.8 Å². The van der Waals surface area contributed by atoms with Crippen molar-refractivity contribution in [2.45, 2.75) is 46.1 Å². The first kappa shape index (κ1) is 13.7. The molecule has 0 spiro atoms. The lowest BCUT2D eigenvalue weighted by molar-refractivity contribution is 0.450. The van der Waals surface area contributed by atoms with E-state index >= 15 is 0 Å². The Balaban J connectivity index is 1.93. The highest BCUT2D eigenvalue weighted by Gasteiger charge is 2.09. The second-order valence-electron chi connectivity index (χ2n) is 5.46. The minimum absolute atomic E-state index is 0.587. The lowest BCUT2D eigenvalue weighted by Crippen LogP contribution is -2.38. The highest BCUT2D eigenvalue weighted by molar-refractivity contribution is 4.96. The van der Waals surface area contributed by atoms with Crippen molar-refractivity contribution in [2.75, 3.05) is 19.6 Å². The van der Waals surface area contributed by atoms with Gasteiger partial charge in [-0.15, -0.1) is 0 Å². The normalized spacial score (nSPS) is 21.9. The van der Waals surface area contributed by atoms with Crippen LogP contribution in [0.25, 0.3) is 0 Å². The van der Waals surface area contributed by atoms with Crippen LogP contribution in [-0.2, 0) is 0 Å². The summed E-state index contributed by atoms with van der Waals surface area (Å²) in [4.78, 5) is 0. The van der Waals surface area contributed by atoms with Crippen molar-refractivity contribution >= 4 is 0 Å². The average molecular weight is 224 g/mol. The number of hydrogen-bond acceptors (Lipinski definition) is 2. The van der Waals surface area contributed by atoms with Gasteiger partial charge in [-0.3, -0.25) is 0 Å². The molecule has 2 nitrogen and oxygen atoms in total. The number of allylic oxidation sites excluding steroid dienone is 2. The molecule has 0 aliphatic heterocycles. The van der Waals surface area contributed by atoms with E-state index in [1.54, 1.807) is 0 Å². The van der Waals surface area contributed by atoms with Crippen LogP contribution in [0.5, 0.6) is 0 Å². The van der Waals surface area contributed by atoms with Crippen molar-refractivity contribution in [3.63, 3.8) is 0 Å². The Morgan fingerprint density at radius 3 is 2.69 bits per heavy atom. The molecule has 0 radical (unpaired) electrons. The molecule has 2 atom stereocenters. The third kappa shape index (κ3) is 6.29. The summed E-state index contributed by atoms with van der Waals surface area (Å²) in [6.45, 7) is 10.1. The van der Waals surface area contributed by atoms with Crippen molar-refractivity contribution in [1.82, 2.24) is 10.6 Å². The van der Waals surface area contributed by atoms with Gasteiger partial charge in [0.25, 0.3) is 0 Å². The standard InChI is InChI=1S/C14H28N2/c1-12(2)10-15-11-13(3)16-9-8-14-6-4-5-7-14/h4,6,12-16H,5,7-11H2,1-3H3. The Kier molecular flexibility index (Phi) is 6.74. The maximum absolute atomic E-state index is 3.59. The molecule has 1 aliphatic rings. The Bertz CT molecular complexity index is 199. The van der Waals surface area contributed by atoms with Gasteiger partial charge >= 0.3 is 0 Å². The number of nitrogens with one attached hydrogen (secondary N) is 2. The predicted molar refractivity (Wildman–Crippen MR) is 71.7 cm³/mol. The van der Waals surface area contributed by atoms with E-state index in [1.165, 1.54) is 19.3 Å². The van der Waals surface area contributed by atoms with Crippen LogP contribution in [0.3, 0.4) is 0 Å². The number of rotatable bonds is 8. The van der Waals surface area contributed by atoms with Gasteiger partial charge in [0.2, 0.25) is 0 Å². The summed E-state index contributed by atoms with van der Waals surface area (Å²) in [5.74, 6) is 1.58. The van der Waals surface area contributed by atoms with Gasteiger partial charge in [0, 0.05) is 12.6 Å². The average Bonchev–Trinajstić information content (AvgIpc) is 2.70. The lowest BCUT2D eigenvalue weighted by atomic mass is 10.1. The van der Waals surface area contributed by atoms with Gasteiger partial charge in [0.15, 0.2) is 0 Å². The summed E-state index contributed by atoms with van der Waals surface area (Å²) in [5.41, 5.74) is 0. The summed E-state index contributed by atoms with van der Waals surface area (Å²) < 4.78 is 0. The topological polar surface area (TPSA) is 24.1 Å². The largest absolute Gasteiger partial charge is 0.315 e. The van der Waals surface area contributed by atoms with Crippen molar-refractivity contribution in [3.05, 3.63) is 12.2 Å². The van der Waals surface area contributed by atoms with Gasteiger partial charge in [0.1, 0.15) is 0 Å². The third-order valence-electron chi connectivity index (χ3n) is 3.12. The van der Waals surface area contributed by atoms with Crippen molar-refractivity contribution in [1.29, 1.82) is 0 Å². The molecule has 2 N–H and O–H groups in total. The Hall–Kier alpha value is -0.340. The van der Waals surface area contributed by atoms with E-state index < -0.39 is 0 Å². The molecule has 0 bridgehead atoms. The number of hydrogen-bond donors (Lipinski definition) is 2. The summed E-state index contributed by atoms with van der Waals surface area (Å²) in [5, 5.41) is 7.07. The lowest BCUT2D eigenvalue weighted by Gasteiger charge is -2.16. The molecule has 16 heavy (non-hydrogen) atoms. The zero-order chi connectivity index (χ0) is 11.8. The van der Waals surface area contributed by atoms with Crippen LogP contribution >= 0.6 is 0 Å². The minimum atomic E-state index is 0.587. The van der Waals surface area contributed by atoms with E-state index in [-0.39, 0.29) is 0 Å². The molecular formula is C14H28N2. The van der Waals surface area contributed by atoms with Crippen LogP contribution in [0.15, 0.2) is 12.2 Å². The highest BCUT2D eigenvalue weighted by Crippen LogP contribution is 2.19. The maximum atomic E-state index is 3.59. The quantitative estimate of drug-likeness (QED) is 0.619. The van der Waals surface area contributed by atoms with E-state index in [0.717, 1.165) is 31.5 Å². The summed E-state index contributed by atoms with van der Waals surface area (Å²) in [6, 6.07) is 0.587. The molecule has 0 heterocycles. The maximum Gasteiger partial charge on any atom is 0.0164 e. The first-order valence-corrected chi connectivity index (χ1v) is 6.79. The second-order valence-corrected chi connectivity index (χ2v) is 5.46. The zero-order valence-corrected chi connectivity index (χ0v) is 11.1. The first-order valence-electron chi connectivity index (χ1n) is 6.79. The van der Waals surface area contributed by atoms with E-state index in [1.807, 2.05) is 0 Å². The van der Waals surface area contributed by atoms with Crippen molar-refractivity contribution in [2.24, 2.45) is 11.8 Å². The molecule has 0 aromatic carbocycles. The highest BCUT2D eigenvalue weighted by atomic mass is 15.0. The van der Waals surface area contributed by atoms with Gasteiger partial charge in [0.05, 0.1) is 0 Å². The van der Waals surface area contributed by atoms with Crippen LogP contribution in [-0.4, -0.2) is 25.7 Å². The molecule has 0 aromatic rings. The van der Waals surface area contributed by atoms with Crippen LogP contribution < -0.4 is 10.6 Å². The molecule has 0 saturated heterocycles. The fourth-order valence-corrected chi connectivity index (χ4v) is 2.11. The molecule has 1 aliphatic carbocycles. The van der Waals surface area contributed by atoms with E-state index in [4.69, 9.17) is 0 Å². The second kappa shape index (κ2) is 7.86. The van der Waals surface area contributed by atoms with Crippen molar-refractivity contribution in [3.8, 4) is 0 Å². The molecule has 0 amide bonds. The molecule has 94 valence electrons. The summed E-state index contributed by atoms with van der Waals surface area (Å²) >= 11 is 0. The van der Waals surface area contributed by atoms with Gasteiger partial charge < -0.3 is 10.6 Å². The molecule has 2 heteroatoms. The Labute approximate surface area is 101 Å². The van der Waals surface area contributed by atoms with Crippen LogP contribution in [0.1, 0.15) is 40.0 Å². The van der Waals surface area contributed by atoms with Gasteiger partial charge in [-0.2, -0.15) is 0 Å². The monoisotopic (exact) mass is 224 g/mol. The van der Waals surface area contributed by atoms with Crippen LogP contribution in [0.4, 0.5) is 0 Å². The summed E-state index contributed by atoms with van der Waals surface area (Å²) in [6.07, 6.45) is 8.64. The van der Waals surface area contributed by atoms with Crippen LogP contribution in [0.2, 0.25) is 0 Å². The zero-order valence-electron chi connectivity index (χ0n) is 11.1. The van der Waals surface area contributed by atoms with E-state index in [2.05, 4.69) is 43.6 Å². The molecule has 1 rings (SSSR count). The SMILES string of the molecule is CC(C)CNCC(C)NCCC1C=CCC1. The fourth-order valence-electron chi connectivity index (χ4n) is 2.11. The van der Waals surface area contributed by atoms with Gasteiger partial charge in [-0.1, -0.05) is 26.0 Å². The Morgan fingerprint density at radius 1 is 1.25 bits per heavy atom. The first-order chi connectivity index (χ1) is 7.68. The van der Waals surface area contributed by atoms with Gasteiger partial charge in [-0.05, 0) is 51.1 Å². The molecule has 0 aromatic heterocycles. The van der Waals surface area contributed by atoms with Gasteiger partial charge in [-0.25, -0.2) is 0 Å². The minimum Gasteiger partial charge on any atom is -0.315 e. The Morgan fingerprint density at radius 2 is 2.06 bits per heavy atom. The van der Waals surface area contributed by atoms with Crippen molar-refractivity contribution < 1.29 is 0 Å². The fraction of sp³-hybridized carbons (Fsp3) is 0.857. The van der Waals surface area contributed by atoms with E-state index in [9.17, 15) is 0 Å². The molecule has 0 fully saturated rings. The predicted octanol–water partition coefficient (Wildman–Crippen LogP) is 2.57. The molecule has 2 unspecified atom stereocenters. The smallest absolute Gasteiger partial charge is 0.0164 e. The van der Waals surface area contributed by atoms with E-state index in [0.29, 0.717) is 6.04 Å². The summed E-state index contributed by atoms with van der Waals surface area (Å²) in [7, 11) is 0.